The first kappa shape index (κ1) is 27.0. The van der Waals surface area contributed by atoms with Gasteiger partial charge < -0.3 is 14.5 Å². The minimum atomic E-state index is -0.0631. The molecule has 10 heteroatoms. The maximum Gasteiger partial charge on any atom is 0.252 e. The average Bonchev–Trinajstić information content (AvgIpc) is 3.41. The Morgan fingerprint density at radius 2 is 1.95 bits per heavy atom. The molecular weight excluding hydrogens is 494 g/mol. The molecule has 206 valence electrons. The molecule has 1 fully saturated rings. The van der Waals surface area contributed by atoms with Crippen molar-refractivity contribution in [1.82, 2.24) is 35.0 Å². The van der Waals surface area contributed by atoms with Crippen molar-refractivity contribution in [1.29, 1.82) is 0 Å². The molecule has 39 heavy (non-hydrogen) atoms. The van der Waals surface area contributed by atoms with Crippen LogP contribution in [0.1, 0.15) is 41.9 Å². The summed E-state index contributed by atoms with van der Waals surface area (Å²) in [5, 5.41) is 13.9. The van der Waals surface area contributed by atoms with Crippen molar-refractivity contribution in [2.24, 2.45) is 0 Å². The van der Waals surface area contributed by atoms with Gasteiger partial charge in [0.1, 0.15) is 5.75 Å². The zero-order chi connectivity index (χ0) is 27.2. The molecule has 4 aromatic rings. The van der Waals surface area contributed by atoms with Crippen molar-refractivity contribution in [2.75, 3.05) is 46.5 Å². The lowest BCUT2D eigenvalue weighted by atomic mass is 10.1. The third-order valence-electron chi connectivity index (χ3n) is 7.52. The number of pyridine rings is 1. The van der Waals surface area contributed by atoms with E-state index in [4.69, 9.17) is 9.47 Å². The van der Waals surface area contributed by atoms with E-state index >= 15 is 0 Å². The molecule has 1 saturated heterocycles. The van der Waals surface area contributed by atoms with Crippen LogP contribution in [0.25, 0.3) is 10.9 Å². The average molecular weight is 532 g/mol. The van der Waals surface area contributed by atoms with Gasteiger partial charge in [0.15, 0.2) is 5.82 Å². The number of nitrogens with zero attached hydrogens (tertiary/aromatic N) is 6. The molecule has 3 heterocycles. The van der Waals surface area contributed by atoms with E-state index in [1.807, 2.05) is 60.1 Å². The smallest absolute Gasteiger partial charge is 0.252 e. The SMILES string of the molecule is CCC(c1nnnn1Cc1ccc(OC)cc1)N(CCN1CCOCC1)Cc1cc2cccc(C)c2[nH]c1=O. The second kappa shape index (κ2) is 12.5. The summed E-state index contributed by atoms with van der Waals surface area (Å²) >= 11 is 0. The van der Waals surface area contributed by atoms with Gasteiger partial charge in [0, 0.05) is 38.3 Å². The Morgan fingerprint density at radius 1 is 1.15 bits per heavy atom. The Morgan fingerprint density at radius 3 is 2.69 bits per heavy atom. The molecule has 2 aromatic heterocycles. The van der Waals surface area contributed by atoms with Gasteiger partial charge in [0.25, 0.3) is 5.56 Å². The molecule has 5 rings (SSSR count). The molecule has 1 N–H and O–H groups in total. The number of tetrazole rings is 1. The van der Waals surface area contributed by atoms with Gasteiger partial charge in [-0.1, -0.05) is 37.3 Å². The van der Waals surface area contributed by atoms with Crippen LogP contribution in [0.15, 0.2) is 53.3 Å². The fourth-order valence-electron chi connectivity index (χ4n) is 5.28. The minimum Gasteiger partial charge on any atom is -0.497 e. The van der Waals surface area contributed by atoms with E-state index < -0.39 is 0 Å². The highest BCUT2D eigenvalue weighted by atomic mass is 16.5. The van der Waals surface area contributed by atoms with E-state index in [-0.39, 0.29) is 11.6 Å². The lowest BCUT2D eigenvalue weighted by Gasteiger charge is -2.33. The number of benzene rings is 2. The Kier molecular flexibility index (Phi) is 8.65. The number of para-hydroxylation sites is 1. The van der Waals surface area contributed by atoms with Crippen molar-refractivity contribution in [3.05, 3.63) is 81.4 Å². The number of morpholine rings is 1. The van der Waals surface area contributed by atoms with Crippen LogP contribution in [0, 0.1) is 6.92 Å². The number of nitrogens with one attached hydrogen (secondary N) is 1. The number of fused-ring (bicyclic) bond motifs is 1. The maximum atomic E-state index is 13.2. The van der Waals surface area contributed by atoms with Gasteiger partial charge in [-0.2, -0.15) is 0 Å². The number of aryl methyl sites for hydroxylation is 1. The first-order chi connectivity index (χ1) is 19.1. The fourth-order valence-corrected chi connectivity index (χ4v) is 5.28. The van der Waals surface area contributed by atoms with Gasteiger partial charge >= 0.3 is 0 Å². The van der Waals surface area contributed by atoms with Crippen LogP contribution in [0.3, 0.4) is 0 Å². The zero-order valence-electron chi connectivity index (χ0n) is 23.0. The summed E-state index contributed by atoms with van der Waals surface area (Å²) in [6.45, 7) is 10.2. The third-order valence-corrected chi connectivity index (χ3v) is 7.52. The Hall–Kier alpha value is -3.60. The lowest BCUT2D eigenvalue weighted by molar-refractivity contribution is 0.0292. The Labute approximate surface area is 228 Å². The van der Waals surface area contributed by atoms with Gasteiger partial charge in [0.05, 0.1) is 38.4 Å². The van der Waals surface area contributed by atoms with Gasteiger partial charge in [0.2, 0.25) is 0 Å². The number of H-pyrrole nitrogens is 1. The molecule has 0 spiro atoms. The standard InChI is InChI=1S/C29H37N7O3/c1-4-26(28-31-32-33-36(28)19-22-8-10-25(38-3)11-9-22)35(13-12-34-14-16-39-17-15-34)20-24-18-23-7-5-6-21(2)27(23)30-29(24)37/h5-11,18,26H,4,12-17,19-20H2,1-3H3,(H,30,37). The number of aromatic nitrogens is 5. The second-order valence-electron chi connectivity index (χ2n) is 10.1. The van der Waals surface area contributed by atoms with Gasteiger partial charge in [-0.3, -0.25) is 14.6 Å². The normalized spacial score (nSPS) is 15.2. The van der Waals surface area contributed by atoms with Crippen molar-refractivity contribution in [3.8, 4) is 5.75 Å². The predicted molar refractivity (Wildman–Crippen MR) is 150 cm³/mol. The number of methoxy groups -OCH3 is 1. The quantitative estimate of drug-likeness (QED) is 0.315. The van der Waals surface area contributed by atoms with E-state index in [1.165, 1.54) is 0 Å². The van der Waals surface area contributed by atoms with E-state index in [0.29, 0.717) is 13.1 Å². The largest absolute Gasteiger partial charge is 0.497 e. The number of hydrogen-bond donors (Lipinski definition) is 1. The van der Waals surface area contributed by atoms with Crippen LogP contribution in [-0.2, 0) is 17.8 Å². The zero-order valence-corrected chi connectivity index (χ0v) is 23.0. The highest BCUT2D eigenvalue weighted by molar-refractivity contribution is 5.81. The molecule has 0 radical (unpaired) electrons. The number of hydrogen-bond acceptors (Lipinski definition) is 8. The molecule has 1 aliphatic heterocycles. The molecule has 1 aliphatic rings. The number of ether oxygens (including phenoxy) is 2. The predicted octanol–water partition coefficient (Wildman–Crippen LogP) is 3.17. The van der Waals surface area contributed by atoms with Gasteiger partial charge in [-0.15, -0.1) is 5.10 Å². The van der Waals surface area contributed by atoms with Crippen LogP contribution in [-0.4, -0.2) is 81.5 Å². The van der Waals surface area contributed by atoms with E-state index in [9.17, 15) is 4.79 Å². The number of aromatic amines is 1. The van der Waals surface area contributed by atoms with Crippen molar-refractivity contribution in [3.63, 3.8) is 0 Å². The van der Waals surface area contributed by atoms with E-state index in [0.717, 1.165) is 85.0 Å². The van der Waals surface area contributed by atoms with Crippen LogP contribution < -0.4 is 10.3 Å². The van der Waals surface area contributed by atoms with E-state index in [2.05, 4.69) is 37.2 Å². The molecule has 0 amide bonds. The Balaban J connectivity index is 1.44. The monoisotopic (exact) mass is 531 g/mol. The highest BCUT2D eigenvalue weighted by Gasteiger charge is 2.26. The summed E-state index contributed by atoms with van der Waals surface area (Å²) in [4.78, 5) is 21.1. The molecule has 0 aliphatic carbocycles. The number of rotatable bonds is 11. The molecule has 10 nitrogen and oxygen atoms in total. The minimum absolute atomic E-state index is 0.0548. The summed E-state index contributed by atoms with van der Waals surface area (Å²) in [6.07, 6.45) is 0.802. The molecule has 1 atom stereocenters. The fraction of sp³-hybridized carbons (Fsp3) is 0.448. The topological polar surface area (TPSA) is 101 Å². The molecule has 2 aromatic carbocycles. The molecule has 0 bridgehead atoms. The summed E-state index contributed by atoms with van der Waals surface area (Å²) in [7, 11) is 1.66. The first-order valence-corrected chi connectivity index (χ1v) is 13.6. The highest BCUT2D eigenvalue weighted by Crippen LogP contribution is 2.25. The van der Waals surface area contributed by atoms with Crippen LogP contribution in [0.5, 0.6) is 5.75 Å². The van der Waals surface area contributed by atoms with E-state index in [1.54, 1.807) is 7.11 Å². The lowest BCUT2D eigenvalue weighted by Crippen LogP contribution is -2.43. The molecule has 0 saturated carbocycles. The molecular formula is C29H37N7O3. The third kappa shape index (κ3) is 6.35. The summed E-state index contributed by atoms with van der Waals surface area (Å²) < 4.78 is 12.7. The second-order valence-corrected chi connectivity index (χ2v) is 10.1. The maximum absolute atomic E-state index is 13.2. The summed E-state index contributed by atoms with van der Waals surface area (Å²) in [6, 6.07) is 16.0. The van der Waals surface area contributed by atoms with Crippen molar-refractivity contribution < 1.29 is 9.47 Å². The van der Waals surface area contributed by atoms with Crippen LogP contribution in [0.2, 0.25) is 0 Å². The summed E-state index contributed by atoms with van der Waals surface area (Å²) in [5.41, 5.74) is 3.72. The van der Waals surface area contributed by atoms with Crippen molar-refractivity contribution in [2.45, 2.75) is 39.4 Å². The van der Waals surface area contributed by atoms with Crippen molar-refractivity contribution >= 4 is 10.9 Å². The van der Waals surface area contributed by atoms with Gasteiger partial charge in [-0.05, 0) is 58.5 Å². The first-order valence-electron chi connectivity index (χ1n) is 13.6. The van der Waals surface area contributed by atoms with Crippen LogP contribution >= 0.6 is 0 Å². The van der Waals surface area contributed by atoms with Crippen LogP contribution in [0.4, 0.5) is 0 Å². The molecule has 1 unspecified atom stereocenters. The Bertz CT molecular complexity index is 1430. The van der Waals surface area contributed by atoms with Gasteiger partial charge in [-0.25, -0.2) is 4.68 Å². The summed E-state index contributed by atoms with van der Waals surface area (Å²) in [5.74, 6) is 1.61.